The number of anilines is 1. The Labute approximate surface area is 180 Å². The van der Waals surface area contributed by atoms with E-state index < -0.39 is 49.9 Å². The van der Waals surface area contributed by atoms with Gasteiger partial charge in [-0.2, -0.15) is 8.42 Å². The van der Waals surface area contributed by atoms with E-state index in [2.05, 4.69) is 0 Å². The highest BCUT2D eigenvalue weighted by Gasteiger charge is 2.45. The van der Waals surface area contributed by atoms with Gasteiger partial charge in [0.1, 0.15) is 18.0 Å². The first-order valence-corrected chi connectivity index (χ1v) is 13.4. The van der Waals surface area contributed by atoms with Gasteiger partial charge in [0.25, 0.3) is 5.91 Å². The minimum Gasteiger partial charge on any atom is -0.506 e. The molecule has 5 rings (SSSR count). The molecule has 170 valence electrons. The van der Waals surface area contributed by atoms with E-state index in [1.807, 2.05) is 0 Å². The zero-order valence-corrected chi connectivity index (χ0v) is 18.4. The average Bonchev–Trinajstić information content (AvgIpc) is 3.37. The summed E-state index contributed by atoms with van der Waals surface area (Å²) < 4.78 is 68.8. The van der Waals surface area contributed by atoms with Crippen molar-refractivity contribution < 1.29 is 31.1 Å². The highest BCUT2D eigenvalue weighted by Crippen LogP contribution is 2.43. The number of phenolic OH excluding ortho intramolecular Hbond substituents is 1. The number of fused-ring (bicyclic) bond motifs is 1. The summed E-state index contributed by atoms with van der Waals surface area (Å²) in [7, 11) is -7.49. The largest absolute Gasteiger partial charge is 0.506 e. The van der Waals surface area contributed by atoms with Crippen LogP contribution in [0.3, 0.4) is 0 Å². The molecule has 1 amide bonds. The molecule has 2 N–H and O–H groups in total. The molecule has 2 aliphatic heterocycles. The van der Waals surface area contributed by atoms with E-state index in [0.717, 1.165) is 12.8 Å². The number of benzene rings is 1. The van der Waals surface area contributed by atoms with E-state index in [1.165, 1.54) is 6.07 Å². The van der Waals surface area contributed by atoms with Gasteiger partial charge in [0, 0.05) is 13.1 Å². The number of hydrogen-bond acceptors (Lipinski definition) is 6. The second-order valence-corrected chi connectivity index (χ2v) is 12.7. The quantitative estimate of drug-likeness (QED) is 0.661. The summed E-state index contributed by atoms with van der Waals surface area (Å²) in [5, 5.41) is 10.1. The third-order valence-electron chi connectivity index (χ3n) is 6.89. The molecule has 0 radical (unpaired) electrons. The van der Waals surface area contributed by atoms with E-state index in [1.54, 1.807) is 9.03 Å². The van der Waals surface area contributed by atoms with Gasteiger partial charge in [0.15, 0.2) is 5.82 Å². The molecule has 1 aromatic carbocycles. The number of halogens is 1. The normalized spacial score (nSPS) is 28.5. The Bertz CT molecular complexity index is 1170. The summed E-state index contributed by atoms with van der Waals surface area (Å²) in [4.78, 5) is 11.6. The van der Waals surface area contributed by atoms with Gasteiger partial charge in [-0.3, -0.25) is 4.79 Å². The molecule has 3 fully saturated rings. The zero-order valence-electron chi connectivity index (χ0n) is 16.8. The van der Waals surface area contributed by atoms with Gasteiger partial charge in [0.2, 0.25) is 10.0 Å². The van der Waals surface area contributed by atoms with Crippen molar-refractivity contribution >= 4 is 31.8 Å². The van der Waals surface area contributed by atoms with E-state index in [0.29, 0.717) is 54.2 Å². The number of nitrogens with zero attached hydrogens (tertiary/aromatic N) is 2. The first-order valence-electron chi connectivity index (χ1n) is 10.4. The van der Waals surface area contributed by atoms with Crippen molar-refractivity contribution in [2.75, 3.05) is 23.9 Å². The van der Waals surface area contributed by atoms with Crippen LogP contribution in [-0.4, -0.2) is 57.0 Å². The monoisotopic (exact) mass is 473 g/mol. The van der Waals surface area contributed by atoms with Crippen molar-refractivity contribution in [3.63, 3.8) is 0 Å². The minimum atomic E-state index is -4.26. The van der Waals surface area contributed by atoms with E-state index in [4.69, 9.17) is 0 Å². The van der Waals surface area contributed by atoms with Gasteiger partial charge in [-0.1, -0.05) is 0 Å². The average molecular weight is 474 g/mol. The summed E-state index contributed by atoms with van der Waals surface area (Å²) >= 11 is 0. The molecule has 2 unspecified atom stereocenters. The van der Waals surface area contributed by atoms with Crippen LogP contribution >= 0.6 is 0 Å². The Kier molecular flexibility index (Phi) is 4.76. The predicted octanol–water partition coefficient (Wildman–Crippen LogP) is 0.631. The van der Waals surface area contributed by atoms with Gasteiger partial charge in [-0.05, 0) is 67.6 Å². The lowest BCUT2D eigenvalue weighted by Gasteiger charge is -2.31. The predicted molar refractivity (Wildman–Crippen MR) is 110 cm³/mol. The topological polar surface area (TPSA) is 124 Å². The molecule has 12 heteroatoms. The first kappa shape index (κ1) is 21.0. The third-order valence-corrected chi connectivity index (χ3v) is 10.6. The maximum Gasteiger partial charge on any atom is 0.326 e. The Balaban J connectivity index is 1.40. The molecule has 0 spiro atoms. The number of hydrogen-bond donors (Lipinski definition) is 2. The summed E-state index contributed by atoms with van der Waals surface area (Å²) in [5.41, 5.74) is 0.440. The van der Waals surface area contributed by atoms with E-state index in [-0.39, 0.29) is 17.1 Å². The number of carbonyl (C=O) groups excluding carboxylic acids is 1. The Morgan fingerprint density at radius 3 is 2.55 bits per heavy atom. The van der Waals surface area contributed by atoms with Crippen LogP contribution in [-0.2, 0) is 37.9 Å². The van der Waals surface area contributed by atoms with Crippen LogP contribution < -0.4 is 9.03 Å². The maximum atomic E-state index is 15.5. The van der Waals surface area contributed by atoms with Gasteiger partial charge >= 0.3 is 10.2 Å². The number of sulfonamides is 1. The molecule has 2 aliphatic carbocycles. The van der Waals surface area contributed by atoms with Crippen LogP contribution in [0, 0.1) is 17.7 Å². The van der Waals surface area contributed by atoms with Crippen molar-refractivity contribution in [3.05, 3.63) is 23.0 Å². The lowest BCUT2D eigenvalue weighted by molar-refractivity contribution is -0.117. The van der Waals surface area contributed by atoms with Gasteiger partial charge < -0.3 is 5.11 Å². The van der Waals surface area contributed by atoms with Crippen LogP contribution in [0.5, 0.6) is 5.75 Å². The number of amides is 1. The van der Waals surface area contributed by atoms with Crippen molar-refractivity contribution in [1.82, 2.24) is 9.03 Å². The Morgan fingerprint density at radius 2 is 1.90 bits per heavy atom. The molecule has 9 nitrogen and oxygen atoms in total. The second-order valence-electron chi connectivity index (χ2n) is 8.89. The first-order chi connectivity index (χ1) is 14.6. The van der Waals surface area contributed by atoms with Gasteiger partial charge in [-0.25, -0.2) is 26.1 Å². The molecular formula is C19H24FN3O6S2. The molecule has 4 aliphatic rings. The SMILES string of the molecule is O=C1CN(c2c(O)cc3c(c2F)CC(C2CCN(S(=O)(=O)C4CC4)C2)CC3)S(=O)(=O)N1. The summed E-state index contributed by atoms with van der Waals surface area (Å²) in [5.74, 6) is -1.97. The van der Waals surface area contributed by atoms with Crippen LogP contribution in [0.15, 0.2) is 6.07 Å². The molecule has 1 saturated carbocycles. The molecule has 0 bridgehead atoms. The zero-order chi connectivity index (χ0) is 22.1. The summed E-state index contributed by atoms with van der Waals surface area (Å²) in [6, 6.07) is 1.38. The number of phenols is 1. The number of carbonyl (C=O) groups is 1. The molecule has 0 aromatic heterocycles. The maximum absolute atomic E-state index is 15.5. The molecule has 1 aromatic rings. The number of rotatable bonds is 4. The Morgan fingerprint density at radius 1 is 1.16 bits per heavy atom. The molecule has 31 heavy (non-hydrogen) atoms. The van der Waals surface area contributed by atoms with Crippen LogP contribution in [0.1, 0.15) is 36.8 Å². The molecule has 2 atom stereocenters. The third kappa shape index (κ3) is 3.48. The highest BCUT2D eigenvalue weighted by molar-refractivity contribution is 7.92. The van der Waals surface area contributed by atoms with E-state index in [9.17, 15) is 26.7 Å². The number of aromatic hydroxyl groups is 1. The van der Waals surface area contributed by atoms with E-state index >= 15 is 4.39 Å². The smallest absolute Gasteiger partial charge is 0.326 e. The summed E-state index contributed by atoms with van der Waals surface area (Å²) in [6.45, 7) is 0.325. The Hall–Kier alpha value is -1.92. The highest BCUT2D eigenvalue weighted by atomic mass is 32.2. The van der Waals surface area contributed by atoms with Gasteiger partial charge in [-0.15, -0.1) is 0 Å². The van der Waals surface area contributed by atoms with Crippen LogP contribution in [0.2, 0.25) is 0 Å². The number of nitrogens with one attached hydrogen (secondary N) is 1. The second kappa shape index (κ2) is 7.04. The van der Waals surface area contributed by atoms with Crippen molar-refractivity contribution in [2.24, 2.45) is 11.8 Å². The molecule has 2 heterocycles. The van der Waals surface area contributed by atoms with Crippen molar-refractivity contribution in [2.45, 2.75) is 43.8 Å². The standard InChI is InChI=1S/C19H24FN3O6S2/c20-18-15-7-11(13-5-6-22(9-13)30(26,27)14-3-4-14)1-2-12(15)8-16(24)19(18)23-10-17(25)21-31(23,28)29/h8,11,13-14,24H,1-7,9-10H2,(H,21,25). The fraction of sp³-hybridized carbons (Fsp3) is 0.632. The fourth-order valence-corrected chi connectivity index (χ4v) is 8.17. The van der Waals surface area contributed by atoms with Crippen molar-refractivity contribution in [1.29, 1.82) is 0 Å². The van der Waals surface area contributed by atoms with Gasteiger partial charge in [0.05, 0.1) is 5.25 Å². The number of aryl methyl sites for hydroxylation is 1. The minimum absolute atomic E-state index is 0.0636. The molecular weight excluding hydrogens is 449 g/mol. The van der Waals surface area contributed by atoms with Crippen LogP contribution in [0.4, 0.5) is 10.1 Å². The summed E-state index contributed by atoms with van der Waals surface area (Å²) in [6.07, 6.45) is 3.75. The lowest BCUT2D eigenvalue weighted by atomic mass is 9.76. The van der Waals surface area contributed by atoms with Crippen molar-refractivity contribution in [3.8, 4) is 5.75 Å². The lowest BCUT2D eigenvalue weighted by Crippen LogP contribution is -2.33. The van der Waals surface area contributed by atoms with Crippen LogP contribution in [0.25, 0.3) is 0 Å². The fourth-order valence-electron chi connectivity index (χ4n) is 5.10. The molecule has 2 saturated heterocycles.